The molecule has 0 bridgehead atoms. The smallest absolute Gasteiger partial charge is 0.257 e. The van der Waals surface area contributed by atoms with Crippen LogP contribution in [-0.2, 0) is 0 Å². The Hall–Kier alpha value is -3.00. The van der Waals surface area contributed by atoms with Gasteiger partial charge in [0.05, 0.1) is 34.1 Å². The summed E-state index contributed by atoms with van der Waals surface area (Å²) in [7, 11) is 6.12. The number of rotatable bonds is 6. The molecule has 0 aliphatic heterocycles. The fourth-order valence-corrected chi connectivity index (χ4v) is 2.37. The highest BCUT2D eigenvalue weighted by atomic mass is 32.1. The molecule has 2 aromatic carbocycles. The van der Waals surface area contributed by atoms with Crippen molar-refractivity contribution in [1.29, 1.82) is 0 Å². The van der Waals surface area contributed by atoms with Crippen molar-refractivity contribution in [3.05, 3.63) is 42.0 Å². The molecule has 8 heteroatoms. The largest absolute Gasteiger partial charge is 0.497 e. The molecule has 7 nitrogen and oxygen atoms in total. The Bertz CT molecular complexity index is 788. The van der Waals surface area contributed by atoms with Gasteiger partial charge < -0.3 is 24.3 Å². The molecule has 0 saturated heterocycles. The van der Waals surface area contributed by atoms with Crippen molar-refractivity contribution in [3.63, 3.8) is 0 Å². The highest BCUT2D eigenvalue weighted by Crippen LogP contribution is 2.29. The molecule has 138 valence electrons. The molecule has 2 rings (SSSR count). The first-order valence-corrected chi connectivity index (χ1v) is 7.99. The van der Waals surface area contributed by atoms with Crippen LogP contribution in [0.1, 0.15) is 10.4 Å². The highest BCUT2D eigenvalue weighted by Gasteiger charge is 2.13. The van der Waals surface area contributed by atoms with Crippen LogP contribution in [0.2, 0.25) is 0 Å². The minimum absolute atomic E-state index is 0.125. The molecule has 0 aromatic heterocycles. The molecule has 0 heterocycles. The van der Waals surface area contributed by atoms with E-state index in [1.54, 1.807) is 43.5 Å². The first kappa shape index (κ1) is 19.3. The molecule has 0 aliphatic carbocycles. The summed E-state index contributed by atoms with van der Waals surface area (Å²) in [4.78, 5) is 12.4. The zero-order valence-corrected chi connectivity index (χ0v) is 15.7. The maximum atomic E-state index is 12.4. The van der Waals surface area contributed by atoms with Crippen molar-refractivity contribution >= 4 is 28.9 Å². The van der Waals surface area contributed by atoms with E-state index >= 15 is 0 Å². The Labute approximate surface area is 157 Å². The van der Waals surface area contributed by atoms with Gasteiger partial charge in [-0.25, -0.2) is 0 Å². The summed E-state index contributed by atoms with van der Waals surface area (Å²) in [5, 5.41) is 5.66. The van der Waals surface area contributed by atoms with E-state index in [4.69, 9.17) is 31.2 Å². The van der Waals surface area contributed by atoms with Crippen molar-refractivity contribution in [2.75, 3.05) is 33.8 Å². The van der Waals surface area contributed by atoms with Crippen LogP contribution in [-0.4, -0.2) is 39.5 Å². The summed E-state index contributed by atoms with van der Waals surface area (Å²) in [6, 6.07) is 10.1. The number of methoxy groups -OCH3 is 4. The molecular weight excluding hydrogens is 356 g/mol. The summed E-state index contributed by atoms with van der Waals surface area (Å²) in [6.45, 7) is 0. The van der Waals surface area contributed by atoms with E-state index < -0.39 is 5.91 Å². The van der Waals surface area contributed by atoms with Crippen LogP contribution < -0.4 is 29.6 Å². The van der Waals surface area contributed by atoms with Crippen LogP contribution in [0.3, 0.4) is 0 Å². The van der Waals surface area contributed by atoms with E-state index in [9.17, 15) is 4.79 Å². The average molecular weight is 376 g/mol. The number of thiocarbonyl (C=S) groups is 1. The molecule has 2 N–H and O–H groups in total. The first-order valence-electron chi connectivity index (χ1n) is 7.58. The number of anilines is 1. The number of carbonyl (C=O) groups is 1. The fourth-order valence-electron chi connectivity index (χ4n) is 2.17. The Morgan fingerprint density at radius 1 is 0.846 bits per heavy atom. The van der Waals surface area contributed by atoms with Gasteiger partial charge in [-0.15, -0.1) is 0 Å². The lowest BCUT2D eigenvalue weighted by molar-refractivity contribution is 0.0977. The van der Waals surface area contributed by atoms with Gasteiger partial charge in [0.25, 0.3) is 5.91 Å². The topological polar surface area (TPSA) is 78.1 Å². The van der Waals surface area contributed by atoms with Gasteiger partial charge in [-0.2, -0.15) is 0 Å². The highest BCUT2D eigenvalue weighted by molar-refractivity contribution is 7.80. The monoisotopic (exact) mass is 376 g/mol. The fraction of sp³-hybridized carbons (Fsp3) is 0.222. The third kappa shape index (κ3) is 4.76. The third-order valence-electron chi connectivity index (χ3n) is 3.50. The zero-order valence-electron chi connectivity index (χ0n) is 14.9. The quantitative estimate of drug-likeness (QED) is 0.751. The summed E-state index contributed by atoms with van der Waals surface area (Å²) in [5.74, 6) is 1.79. The molecule has 0 saturated carbocycles. The zero-order chi connectivity index (χ0) is 19.1. The maximum Gasteiger partial charge on any atom is 0.257 e. The molecule has 0 aliphatic rings. The average Bonchev–Trinajstić information content (AvgIpc) is 2.67. The molecule has 0 radical (unpaired) electrons. The SMILES string of the molecule is COc1cc(OC)cc(C(=O)NC(=S)Nc2ccc(OC)cc2OC)c1. The standard InChI is InChI=1S/C18H20N2O5S/c1-22-12-5-6-15(16(10-12)25-4)19-18(26)20-17(21)11-7-13(23-2)9-14(8-11)24-3/h5-10H,1-4H3,(H2,19,20,21,26). The van der Waals surface area contributed by atoms with Crippen molar-refractivity contribution < 1.29 is 23.7 Å². The van der Waals surface area contributed by atoms with Gasteiger partial charge >= 0.3 is 0 Å². The van der Waals surface area contributed by atoms with Crippen molar-refractivity contribution in [2.24, 2.45) is 0 Å². The molecule has 1 amide bonds. The number of hydrogen-bond donors (Lipinski definition) is 2. The molecule has 0 unspecified atom stereocenters. The summed E-state index contributed by atoms with van der Waals surface area (Å²) < 4.78 is 20.8. The van der Waals surface area contributed by atoms with Gasteiger partial charge in [0.2, 0.25) is 0 Å². The van der Waals surface area contributed by atoms with Gasteiger partial charge in [0.15, 0.2) is 5.11 Å². The lowest BCUT2D eigenvalue weighted by Gasteiger charge is -2.14. The summed E-state index contributed by atoms with van der Waals surface area (Å²) in [6.07, 6.45) is 0. The molecule has 0 spiro atoms. The predicted molar refractivity (Wildman–Crippen MR) is 103 cm³/mol. The lowest BCUT2D eigenvalue weighted by Crippen LogP contribution is -2.34. The molecule has 2 aromatic rings. The third-order valence-corrected chi connectivity index (χ3v) is 3.70. The molecule has 26 heavy (non-hydrogen) atoms. The van der Waals surface area contributed by atoms with Gasteiger partial charge in [0, 0.05) is 17.7 Å². The second-order valence-corrected chi connectivity index (χ2v) is 5.48. The van der Waals surface area contributed by atoms with E-state index in [-0.39, 0.29) is 5.11 Å². The predicted octanol–water partition coefficient (Wildman–Crippen LogP) is 2.85. The van der Waals surface area contributed by atoms with Crippen LogP contribution in [0.5, 0.6) is 23.0 Å². The van der Waals surface area contributed by atoms with Crippen LogP contribution in [0.15, 0.2) is 36.4 Å². The minimum atomic E-state index is -0.396. The van der Waals surface area contributed by atoms with E-state index in [1.165, 1.54) is 21.3 Å². The molecule has 0 atom stereocenters. The summed E-state index contributed by atoms with van der Waals surface area (Å²) >= 11 is 5.21. The van der Waals surface area contributed by atoms with Crippen LogP contribution in [0.4, 0.5) is 5.69 Å². The molecule has 0 fully saturated rings. The second kappa shape index (κ2) is 8.91. The van der Waals surface area contributed by atoms with E-state index in [0.29, 0.717) is 34.2 Å². The van der Waals surface area contributed by atoms with Gasteiger partial charge in [-0.05, 0) is 36.5 Å². The number of nitrogens with one attached hydrogen (secondary N) is 2. The van der Waals surface area contributed by atoms with E-state index in [2.05, 4.69) is 10.6 Å². The lowest BCUT2D eigenvalue weighted by atomic mass is 10.2. The number of benzene rings is 2. The second-order valence-electron chi connectivity index (χ2n) is 5.08. The Morgan fingerprint density at radius 3 is 2.00 bits per heavy atom. The Kier molecular flexibility index (Phi) is 6.62. The Morgan fingerprint density at radius 2 is 1.46 bits per heavy atom. The van der Waals surface area contributed by atoms with Crippen molar-refractivity contribution in [3.8, 4) is 23.0 Å². The van der Waals surface area contributed by atoms with Crippen LogP contribution >= 0.6 is 12.2 Å². The number of amides is 1. The van der Waals surface area contributed by atoms with E-state index in [1.807, 2.05) is 0 Å². The summed E-state index contributed by atoms with van der Waals surface area (Å²) in [5.41, 5.74) is 0.953. The van der Waals surface area contributed by atoms with Gasteiger partial charge in [-0.1, -0.05) is 0 Å². The Balaban J connectivity index is 2.11. The minimum Gasteiger partial charge on any atom is -0.497 e. The van der Waals surface area contributed by atoms with Crippen molar-refractivity contribution in [2.45, 2.75) is 0 Å². The van der Waals surface area contributed by atoms with Crippen LogP contribution in [0, 0.1) is 0 Å². The number of hydrogen-bond acceptors (Lipinski definition) is 6. The molecular formula is C18H20N2O5S. The number of ether oxygens (including phenoxy) is 4. The van der Waals surface area contributed by atoms with Crippen molar-refractivity contribution in [1.82, 2.24) is 5.32 Å². The van der Waals surface area contributed by atoms with Gasteiger partial charge in [-0.3, -0.25) is 10.1 Å². The first-order chi connectivity index (χ1) is 12.5. The van der Waals surface area contributed by atoms with Gasteiger partial charge in [0.1, 0.15) is 23.0 Å². The normalized spacial score (nSPS) is 9.85. The van der Waals surface area contributed by atoms with Crippen LogP contribution in [0.25, 0.3) is 0 Å². The maximum absolute atomic E-state index is 12.4. The number of carbonyl (C=O) groups excluding carboxylic acids is 1. The van der Waals surface area contributed by atoms with E-state index in [0.717, 1.165) is 0 Å².